The van der Waals surface area contributed by atoms with Gasteiger partial charge in [-0.3, -0.25) is 0 Å². The van der Waals surface area contributed by atoms with E-state index in [4.69, 9.17) is 36.6 Å². The zero-order valence-corrected chi connectivity index (χ0v) is 25.5. The van der Waals surface area contributed by atoms with Crippen molar-refractivity contribution in [3.8, 4) is 0 Å². The van der Waals surface area contributed by atoms with Crippen molar-refractivity contribution >= 4 is 0 Å². The quantitative estimate of drug-likeness (QED) is 0.152. The summed E-state index contributed by atoms with van der Waals surface area (Å²) < 4.78 is 44.9. The van der Waals surface area contributed by atoms with Crippen LogP contribution in [0, 0.1) is 6.08 Å². The number of hydrogen-bond donors (Lipinski definition) is 0. The molecule has 5 heterocycles. The summed E-state index contributed by atoms with van der Waals surface area (Å²) in [5.41, 5.74) is 0. The number of halogens is 3. The molecule has 1 atom stereocenters. The number of ether oxygens (including phenoxy) is 4. The van der Waals surface area contributed by atoms with E-state index in [0.717, 1.165) is 13.2 Å². The Kier molecular flexibility index (Phi) is 15.2. The SMILES string of the molecule is CC1(C)OCCO1.[C-]1=CC=C(OC(c2ccco2)c2ccco2)[C@H]1OC(c1ccco1)c1ccco1.[Cl-].[Cl-].[Cl-].[Ti+4]. The van der Waals surface area contributed by atoms with E-state index >= 15 is 0 Å². The average molecular weight is 646 g/mol. The predicted molar refractivity (Wildman–Crippen MR) is 126 cm³/mol. The summed E-state index contributed by atoms with van der Waals surface area (Å²) >= 11 is 0. The molecule has 1 saturated heterocycles. The van der Waals surface area contributed by atoms with Crippen LogP contribution < -0.4 is 37.2 Å². The van der Waals surface area contributed by atoms with E-state index in [2.05, 4.69) is 6.08 Å². The van der Waals surface area contributed by atoms with Gasteiger partial charge >= 0.3 is 21.7 Å². The molecule has 8 nitrogen and oxygen atoms in total. The van der Waals surface area contributed by atoms with E-state index in [0.29, 0.717) is 28.8 Å². The zero-order valence-electron chi connectivity index (χ0n) is 21.6. The second-order valence-corrected chi connectivity index (χ2v) is 8.45. The zero-order chi connectivity index (χ0) is 24.8. The molecule has 4 aromatic rings. The van der Waals surface area contributed by atoms with E-state index < -0.39 is 18.3 Å². The molecule has 0 aromatic carbocycles. The van der Waals surface area contributed by atoms with Crippen molar-refractivity contribution in [3.05, 3.63) is 121 Å². The van der Waals surface area contributed by atoms with E-state index in [1.54, 1.807) is 55.4 Å². The van der Waals surface area contributed by atoms with Gasteiger partial charge in [0.25, 0.3) is 0 Å². The van der Waals surface area contributed by atoms with Gasteiger partial charge in [-0.05, 0) is 62.4 Å². The number of rotatable bonds is 8. The summed E-state index contributed by atoms with van der Waals surface area (Å²) in [5, 5.41) is 0. The summed E-state index contributed by atoms with van der Waals surface area (Å²) in [7, 11) is 0. The molecule has 12 heteroatoms. The molecular formula is C28H27Cl3O8Ti. The second kappa shape index (κ2) is 17.0. The molecule has 0 unspecified atom stereocenters. The van der Waals surface area contributed by atoms with Crippen molar-refractivity contribution in [2.24, 2.45) is 0 Å². The standard InChI is InChI=1S/C23H17O6.C5H10O2.3ClH.Ti/c1-6-16(28-22(18-8-2-12-24-18)19-9-3-13-25-19)17(7-1)29-23(20-10-4-14-26-20)21-11-5-15-27-21;1-5(2)6-3-4-7-5;;;;/h1-6,8-15,17,22-23H;3-4H2,1-2H3;3*1H;/q-1;;;;;+4/p-3/t17-;;;;;/m0...../s1. The Morgan fingerprint density at radius 1 is 0.725 bits per heavy atom. The van der Waals surface area contributed by atoms with Gasteiger partial charge in [0.2, 0.25) is 6.10 Å². The third kappa shape index (κ3) is 9.19. The van der Waals surface area contributed by atoms with Gasteiger partial charge in [-0.25, -0.2) is 12.2 Å². The van der Waals surface area contributed by atoms with E-state index in [1.165, 1.54) is 0 Å². The van der Waals surface area contributed by atoms with Gasteiger partial charge in [0.05, 0.1) is 38.3 Å². The van der Waals surface area contributed by atoms with E-state index in [1.807, 2.05) is 44.2 Å². The molecule has 1 aliphatic carbocycles. The molecule has 4 aromatic heterocycles. The van der Waals surface area contributed by atoms with Crippen molar-refractivity contribution in [2.75, 3.05) is 13.2 Å². The molecule has 6 rings (SSSR count). The first kappa shape index (κ1) is 35.9. The molecule has 40 heavy (non-hydrogen) atoms. The maximum Gasteiger partial charge on any atom is 4.00 e. The Morgan fingerprint density at radius 3 is 1.50 bits per heavy atom. The minimum atomic E-state index is -0.553. The first-order valence-corrected chi connectivity index (χ1v) is 11.6. The van der Waals surface area contributed by atoms with Crippen molar-refractivity contribution in [1.82, 2.24) is 0 Å². The van der Waals surface area contributed by atoms with Crippen LogP contribution in [-0.4, -0.2) is 25.1 Å². The third-order valence-electron chi connectivity index (χ3n) is 5.47. The largest absolute Gasteiger partial charge is 4.00 e. The van der Waals surface area contributed by atoms with E-state index in [-0.39, 0.29) is 64.7 Å². The molecule has 1 fully saturated rings. The molecule has 0 spiro atoms. The van der Waals surface area contributed by atoms with Crippen LogP contribution in [0.2, 0.25) is 0 Å². The molecule has 0 amide bonds. The van der Waals surface area contributed by atoms with Crippen molar-refractivity contribution in [3.63, 3.8) is 0 Å². The summed E-state index contributed by atoms with van der Waals surface area (Å²) in [6.07, 6.45) is 11.5. The van der Waals surface area contributed by atoms with Gasteiger partial charge in [-0.1, -0.05) is 0 Å². The maximum absolute atomic E-state index is 6.26. The monoisotopic (exact) mass is 644 g/mol. The average Bonchev–Trinajstić information content (AvgIpc) is 3.72. The van der Waals surface area contributed by atoms with Crippen LogP contribution in [0.25, 0.3) is 0 Å². The Morgan fingerprint density at radius 2 is 1.15 bits per heavy atom. The minimum Gasteiger partial charge on any atom is -1.00 e. The van der Waals surface area contributed by atoms with Gasteiger partial charge in [0.15, 0.2) is 23.4 Å². The van der Waals surface area contributed by atoms with Crippen LogP contribution in [0.5, 0.6) is 0 Å². The van der Waals surface area contributed by atoms with Gasteiger partial charge in [0.1, 0.15) is 11.5 Å². The summed E-state index contributed by atoms with van der Waals surface area (Å²) in [6.45, 7) is 5.32. The normalized spacial score (nSPS) is 16.6. The summed E-state index contributed by atoms with van der Waals surface area (Å²) in [4.78, 5) is 0. The van der Waals surface area contributed by atoms with Crippen LogP contribution in [0.4, 0.5) is 0 Å². The molecule has 212 valence electrons. The fraction of sp³-hybridized carbons (Fsp3) is 0.286. The first-order valence-electron chi connectivity index (χ1n) is 11.6. The molecule has 0 saturated carbocycles. The molecule has 0 radical (unpaired) electrons. The molecule has 0 N–H and O–H groups in total. The fourth-order valence-corrected chi connectivity index (χ4v) is 3.78. The number of hydrogen-bond acceptors (Lipinski definition) is 8. The maximum atomic E-state index is 6.26. The molecule has 1 aliphatic heterocycles. The summed E-state index contributed by atoms with van der Waals surface area (Å²) in [6, 6.07) is 14.6. The van der Waals surface area contributed by atoms with Gasteiger partial charge < -0.3 is 73.8 Å². The Balaban J connectivity index is 0.000000642. The number of furan rings is 4. The van der Waals surface area contributed by atoms with Crippen molar-refractivity contribution < 1.29 is 95.6 Å². The molecule has 2 aliphatic rings. The summed E-state index contributed by atoms with van der Waals surface area (Å²) in [5.74, 6) is 2.77. The number of allylic oxidation sites excluding steroid dienone is 2. The van der Waals surface area contributed by atoms with Gasteiger partial charge in [-0.15, -0.1) is 0 Å². The van der Waals surface area contributed by atoms with E-state index in [9.17, 15) is 0 Å². The molecule has 0 bridgehead atoms. The molecular weight excluding hydrogens is 619 g/mol. The van der Waals surface area contributed by atoms with Gasteiger partial charge in [0, 0.05) is 11.9 Å². The Labute approximate surface area is 266 Å². The van der Waals surface area contributed by atoms with Gasteiger partial charge in [-0.2, -0.15) is 6.08 Å². The van der Waals surface area contributed by atoms with Crippen LogP contribution in [0.15, 0.2) is 109 Å². The predicted octanol–water partition coefficient (Wildman–Crippen LogP) is -2.62. The first-order chi connectivity index (χ1) is 17.6. The minimum absolute atomic E-state index is 0. The van der Waals surface area contributed by atoms with Crippen LogP contribution in [0.3, 0.4) is 0 Å². The smallest absolute Gasteiger partial charge is 1.00 e. The van der Waals surface area contributed by atoms with Crippen molar-refractivity contribution in [1.29, 1.82) is 0 Å². The van der Waals surface area contributed by atoms with Crippen LogP contribution in [-0.2, 0) is 40.7 Å². The Hall–Kier alpha value is -2.14. The third-order valence-corrected chi connectivity index (χ3v) is 5.47. The second-order valence-electron chi connectivity index (χ2n) is 8.45. The van der Waals surface area contributed by atoms with Crippen LogP contribution in [0.1, 0.15) is 49.1 Å². The van der Waals surface area contributed by atoms with Crippen molar-refractivity contribution in [2.45, 2.75) is 37.9 Å². The topological polar surface area (TPSA) is 89.5 Å². The Bertz CT molecular complexity index is 1160. The fourth-order valence-electron chi connectivity index (χ4n) is 3.78. The van der Waals surface area contributed by atoms with Crippen LogP contribution >= 0.6 is 0 Å².